The van der Waals surface area contributed by atoms with Crippen LogP contribution in [-0.4, -0.2) is 15.8 Å². The van der Waals surface area contributed by atoms with Gasteiger partial charge in [-0.3, -0.25) is 4.79 Å². The van der Waals surface area contributed by atoms with Gasteiger partial charge in [0.2, 0.25) is 5.78 Å². The van der Waals surface area contributed by atoms with E-state index in [2.05, 4.69) is 9.97 Å². The van der Waals surface area contributed by atoms with E-state index < -0.39 is 0 Å². The van der Waals surface area contributed by atoms with Crippen LogP contribution in [0, 0.1) is 0 Å². The van der Waals surface area contributed by atoms with Crippen molar-refractivity contribution in [3.63, 3.8) is 0 Å². The summed E-state index contributed by atoms with van der Waals surface area (Å²) < 4.78 is 0. The van der Waals surface area contributed by atoms with Crippen molar-refractivity contribution in [2.24, 2.45) is 0 Å². The third-order valence-corrected chi connectivity index (χ3v) is 4.16. The van der Waals surface area contributed by atoms with E-state index in [9.17, 15) is 4.79 Å². The summed E-state index contributed by atoms with van der Waals surface area (Å²) in [5, 5.41) is 2.00. The molecule has 0 saturated carbocycles. The van der Waals surface area contributed by atoms with Crippen molar-refractivity contribution in [3.05, 3.63) is 46.7 Å². The SMILES string of the molecule is CC(C)c1nc(C(=O)c2c[nH]c3ccccc23)sc1N. The van der Waals surface area contributed by atoms with Crippen LogP contribution in [0.25, 0.3) is 10.9 Å². The van der Waals surface area contributed by atoms with Gasteiger partial charge in [-0.15, -0.1) is 0 Å². The van der Waals surface area contributed by atoms with E-state index in [0.29, 0.717) is 15.6 Å². The maximum Gasteiger partial charge on any atom is 0.223 e. The summed E-state index contributed by atoms with van der Waals surface area (Å²) in [7, 11) is 0. The number of nitrogen functional groups attached to an aromatic ring is 1. The molecule has 0 bridgehead atoms. The lowest BCUT2D eigenvalue weighted by Gasteiger charge is -1.99. The zero-order valence-corrected chi connectivity index (χ0v) is 12.1. The number of H-pyrrole nitrogens is 1. The van der Waals surface area contributed by atoms with Crippen LogP contribution in [0.3, 0.4) is 0 Å². The fraction of sp³-hybridized carbons (Fsp3) is 0.200. The van der Waals surface area contributed by atoms with Gasteiger partial charge in [-0.1, -0.05) is 43.4 Å². The largest absolute Gasteiger partial charge is 0.389 e. The van der Waals surface area contributed by atoms with Gasteiger partial charge in [0.05, 0.1) is 11.3 Å². The average molecular weight is 285 g/mol. The first-order valence-electron chi connectivity index (χ1n) is 6.45. The van der Waals surface area contributed by atoms with Crippen molar-refractivity contribution in [1.29, 1.82) is 0 Å². The lowest BCUT2D eigenvalue weighted by atomic mass is 10.1. The van der Waals surface area contributed by atoms with Crippen molar-refractivity contribution in [2.45, 2.75) is 19.8 Å². The highest BCUT2D eigenvalue weighted by Gasteiger charge is 2.20. The monoisotopic (exact) mass is 285 g/mol. The Morgan fingerprint density at radius 2 is 2.10 bits per heavy atom. The summed E-state index contributed by atoms with van der Waals surface area (Å²) in [6.07, 6.45) is 1.74. The van der Waals surface area contributed by atoms with Crippen molar-refractivity contribution < 1.29 is 4.79 Å². The molecule has 0 saturated heterocycles. The van der Waals surface area contributed by atoms with Gasteiger partial charge in [0.25, 0.3) is 0 Å². The number of hydrogen-bond acceptors (Lipinski definition) is 4. The van der Waals surface area contributed by atoms with Gasteiger partial charge in [0, 0.05) is 17.1 Å². The van der Waals surface area contributed by atoms with Crippen LogP contribution in [0.5, 0.6) is 0 Å². The number of nitrogens with zero attached hydrogens (tertiary/aromatic N) is 1. The van der Waals surface area contributed by atoms with Crippen molar-refractivity contribution in [1.82, 2.24) is 9.97 Å². The van der Waals surface area contributed by atoms with E-state index >= 15 is 0 Å². The van der Waals surface area contributed by atoms with E-state index in [1.807, 2.05) is 38.1 Å². The van der Waals surface area contributed by atoms with Gasteiger partial charge in [-0.2, -0.15) is 0 Å². The second-order valence-electron chi connectivity index (χ2n) is 5.00. The van der Waals surface area contributed by atoms with E-state index in [1.165, 1.54) is 11.3 Å². The number of carbonyl (C=O) groups excluding carboxylic acids is 1. The van der Waals surface area contributed by atoms with Crippen LogP contribution in [0.4, 0.5) is 5.00 Å². The highest BCUT2D eigenvalue weighted by Crippen LogP contribution is 2.30. The number of fused-ring (bicyclic) bond motifs is 1. The highest BCUT2D eigenvalue weighted by molar-refractivity contribution is 7.17. The number of aromatic amines is 1. The molecule has 5 heteroatoms. The molecule has 0 aliphatic heterocycles. The van der Waals surface area contributed by atoms with Gasteiger partial charge < -0.3 is 10.7 Å². The summed E-state index contributed by atoms with van der Waals surface area (Å²) in [4.78, 5) is 20.1. The molecule has 0 atom stereocenters. The molecule has 102 valence electrons. The summed E-state index contributed by atoms with van der Waals surface area (Å²) in [6, 6.07) is 7.73. The maximum atomic E-state index is 12.6. The number of nitrogens with two attached hydrogens (primary N) is 1. The predicted molar refractivity (Wildman–Crippen MR) is 82.3 cm³/mol. The molecule has 0 fully saturated rings. The first-order valence-corrected chi connectivity index (χ1v) is 7.26. The number of rotatable bonds is 3. The summed E-state index contributed by atoms with van der Waals surface area (Å²) in [5.41, 5.74) is 8.34. The number of hydrogen-bond donors (Lipinski definition) is 2. The Hall–Kier alpha value is -2.14. The number of carbonyl (C=O) groups is 1. The fourth-order valence-corrected chi connectivity index (χ4v) is 3.17. The Labute approximate surface area is 120 Å². The second-order valence-corrected chi connectivity index (χ2v) is 6.03. The number of anilines is 1. The Bertz CT molecular complexity index is 785. The first kappa shape index (κ1) is 12.9. The van der Waals surface area contributed by atoms with Crippen LogP contribution in [0.1, 0.15) is 40.8 Å². The zero-order valence-electron chi connectivity index (χ0n) is 11.3. The normalized spacial score (nSPS) is 11.3. The van der Waals surface area contributed by atoms with Crippen LogP contribution in [0.2, 0.25) is 0 Å². The molecular formula is C15H15N3OS. The van der Waals surface area contributed by atoms with Crippen molar-refractivity contribution in [3.8, 4) is 0 Å². The van der Waals surface area contributed by atoms with Crippen LogP contribution < -0.4 is 5.73 Å². The van der Waals surface area contributed by atoms with Crippen molar-refractivity contribution in [2.75, 3.05) is 5.73 Å². The molecule has 3 rings (SSSR count). The quantitative estimate of drug-likeness (QED) is 0.723. The minimum atomic E-state index is -0.0777. The Morgan fingerprint density at radius 3 is 2.80 bits per heavy atom. The molecular weight excluding hydrogens is 270 g/mol. The number of aromatic nitrogens is 2. The fourth-order valence-electron chi connectivity index (χ4n) is 2.23. The molecule has 1 aromatic carbocycles. The van der Waals surface area contributed by atoms with E-state index in [1.54, 1.807) is 6.20 Å². The molecule has 2 aromatic heterocycles. The predicted octanol–water partition coefficient (Wildman–Crippen LogP) is 3.56. The minimum Gasteiger partial charge on any atom is -0.389 e. The number of ketones is 1. The summed E-state index contributed by atoms with van der Waals surface area (Å²) in [5.74, 6) is 0.141. The summed E-state index contributed by atoms with van der Waals surface area (Å²) in [6.45, 7) is 4.04. The van der Waals surface area contributed by atoms with Gasteiger partial charge in [0.1, 0.15) is 5.00 Å². The van der Waals surface area contributed by atoms with Crippen molar-refractivity contribution >= 4 is 33.0 Å². The van der Waals surface area contributed by atoms with Gasteiger partial charge in [-0.25, -0.2) is 4.98 Å². The molecule has 0 unspecified atom stereocenters. The van der Waals surface area contributed by atoms with Gasteiger partial charge >= 0.3 is 0 Å². The molecule has 0 aliphatic rings. The average Bonchev–Trinajstić information content (AvgIpc) is 3.01. The molecule has 3 N–H and O–H groups in total. The van der Waals surface area contributed by atoms with Crippen LogP contribution in [-0.2, 0) is 0 Å². The Morgan fingerprint density at radius 1 is 1.35 bits per heavy atom. The molecule has 20 heavy (non-hydrogen) atoms. The van der Waals surface area contributed by atoms with Crippen LogP contribution in [0.15, 0.2) is 30.5 Å². The van der Waals surface area contributed by atoms with Gasteiger partial charge in [0.15, 0.2) is 5.01 Å². The molecule has 0 aliphatic carbocycles. The topological polar surface area (TPSA) is 71.8 Å². The molecule has 2 heterocycles. The highest BCUT2D eigenvalue weighted by atomic mass is 32.1. The third-order valence-electron chi connectivity index (χ3n) is 3.26. The van der Waals surface area contributed by atoms with Gasteiger partial charge in [-0.05, 0) is 12.0 Å². The maximum absolute atomic E-state index is 12.6. The molecule has 3 aromatic rings. The number of para-hydroxylation sites is 1. The lowest BCUT2D eigenvalue weighted by molar-refractivity contribution is 0.104. The first-order chi connectivity index (χ1) is 9.58. The van der Waals surface area contributed by atoms with E-state index in [-0.39, 0.29) is 11.7 Å². The number of thiazole rings is 1. The molecule has 4 nitrogen and oxygen atoms in total. The lowest BCUT2D eigenvalue weighted by Crippen LogP contribution is -2.00. The van der Waals surface area contributed by atoms with Crippen LogP contribution >= 0.6 is 11.3 Å². The standard InChI is InChI=1S/C15H15N3OS/c1-8(2)12-14(16)20-15(18-12)13(19)10-7-17-11-6-4-3-5-9(10)11/h3-8,17H,16H2,1-2H3. The number of benzene rings is 1. The smallest absolute Gasteiger partial charge is 0.223 e. The zero-order chi connectivity index (χ0) is 14.3. The minimum absolute atomic E-state index is 0.0777. The summed E-state index contributed by atoms with van der Waals surface area (Å²) >= 11 is 1.26. The Kier molecular flexibility index (Phi) is 3.06. The molecule has 0 radical (unpaired) electrons. The third kappa shape index (κ3) is 2.00. The number of nitrogens with one attached hydrogen (secondary N) is 1. The van der Waals surface area contributed by atoms with E-state index in [0.717, 1.165) is 16.6 Å². The van der Waals surface area contributed by atoms with E-state index in [4.69, 9.17) is 5.73 Å². The molecule has 0 amide bonds. The second kappa shape index (κ2) is 4.76. The Balaban J connectivity index is 2.06. The molecule has 0 spiro atoms.